The number of benzene rings is 1. The van der Waals surface area contributed by atoms with Gasteiger partial charge in [-0.15, -0.1) is 0 Å². The second-order valence-corrected chi connectivity index (χ2v) is 3.15. The molecule has 0 radical (unpaired) electrons. The van der Waals surface area contributed by atoms with Gasteiger partial charge in [-0.2, -0.15) is 13.2 Å². The van der Waals surface area contributed by atoms with Gasteiger partial charge in [0.15, 0.2) is 11.5 Å². The van der Waals surface area contributed by atoms with E-state index in [9.17, 15) is 23.4 Å². The minimum atomic E-state index is -4.77. The van der Waals surface area contributed by atoms with Crippen molar-refractivity contribution in [3.63, 3.8) is 0 Å². The summed E-state index contributed by atoms with van der Waals surface area (Å²) in [7, 11) is 0. The van der Waals surface area contributed by atoms with Crippen LogP contribution in [0.15, 0.2) is 12.1 Å². The molecule has 5 N–H and O–H groups in total. The smallest absolute Gasteiger partial charge is 0.420 e. The normalized spacial score (nSPS) is 13.8. The van der Waals surface area contributed by atoms with E-state index < -0.39 is 29.3 Å². The molecule has 0 aliphatic rings. The Morgan fingerprint density at radius 1 is 1.19 bits per heavy atom. The van der Waals surface area contributed by atoms with E-state index in [0.29, 0.717) is 6.07 Å². The molecular weight excluding hydrogens is 227 g/mol. The number of aromatic hydroxyl groups is 2. The van der Waals surface area contributed by atoms with Crippen molar-refractivity contribution in [2.75, 3.05) is 6.54 Å². The van der Waals surface area contributed by atoms with Crippen LogP contribution in [0.2, 0.25) is 0 Å². The SMILES string of the molecule is NCC(O)c1ccc(C(F)(F)F)c(O)c1O. The summed E-state index contributed by atoms with van der Waals surface area (Å²) in [5, 5.41) is 27.7. The summed E-state index contributed by atoms with van der Waals surface area (Å²) in [4.78, 5) is 0. The molecule has 90 valence electrons. The number of rotatable bonds is 2. The van der Waals surface area contributed by atoms with Crippen molar-refractivity contribution in [3.8, 4) is 11.5 Å². The predicted molar refractivity (Wildman–Crippen MR) is 48.8 cm³/mol. The molecular formula is C9H10F3NO3. The Labute approximate surface area is 88.7 Å². The van der Waals surface area contributed by atoms with Crippen molar-refractivity contribution >= 4 is 0 Å². The van der Waals surface area contributed by atoms with Crippen molar-refractivity contribution in [1.82, 2.24) is 0 Å². The van der Waals surface area contributed by atoms with Crippen molar-refractivity contribution in [3.05, 3.63) is 23.3 Å². The van der Waals surface area contributed by atoms with E-state index in [1.165, 1.54) is 0 Å². The average molecular weight is 237 g/mol. The first-order chi connectivity index (χ1) is 7.29. The minimum absolute atomic E-state index is 0.243. The summed E-state index contributed by atoms with van der Waals surface area (Å²) in [6.07, 6.45) is -6.10. The third-order valence-corrected chi connectivity index (χ3v) is 2.07. The summed E-state index contributed by atoms with van der Waals surface area (Å²) in [5.41, 5.74) is 3.48. The Balaban J connectivity index is 3.29. The highest BCUT2D eigenvalue weighted by atomic mass is 19.4. The van der Waals surface area contributed by atoms with Gasteiger partial charge in [0, 0.05) is 12.1 Å². The van der Waals surface area contributed by atoms with Gasteiger partial charge in [-0.3, -0.25) is 0 Å². The van der Waals surface area contributed by atoms with Crippen LogP contribution in [0.3, 0.4) is 0 Å². The Hall–Kier alpha value is -1.47. The molecule has 0 bridgehead atoms. The standard InChI is InChI=1S/C9H10F3NO3/c10-9(11,12)5-2-1-4(6(14)3-13)7(15)8(5)16/h1-2,6,14-16H,3,13H2. The lowest BCUT2D eigenvalue weighted by Crippen LogP contribution is -2.13. The zero-order chi connectivity index (χ0) is 12.5. The van der Waals surface area contributed by atoms with Crippen LogP contribution in [0.5, 0.6) is 11.5 Å². The van der Waals surface area contributed by atoms with Crippen LogP contribution in [0.4, 0.5) is 13.2 Å². The number of nitrogens with two attached hydrogens (primary N) is 1. The van der Waals surface area contributed by atoms with E-state index in [-0.39, 0.29) is 12.1 Å². The van der Waals surface area contributed by atoms with Gasteiger partial charge in [-0.25, -0.2) is 0 Å². The molecule has 16 heavy (non-hydrogen) atoms. The van der Waals surface area contributed by atoms with E-state index in [4.69, 9.17) is 10.8 Å². The number of hydrogen-bond donors (Lipinski definition) is 4. The van der Waals surface area contributed by atoms with Crippen LogP contribution < -0.4 is 5.73 Å². The molecule has 1 rings (SSSR count). The maximum absolute atomic E-state index is 12.3. The monoisotopic (exact) mass is 237 g/mol. The van der Waals surface area contributed by atoms with E-state index >= 15 is 0 Å². The van der Waals surface area contributed by atoms with E-state index in [2.05, 4.69) is 0 Å². The van der Waals surface area contributed by atoms with Crippen molar-refractivity contribution in [2.45, 2.75) is 12.3 Å². The van der Waals surface area contributed by atoms with E-state index in [1.54, 1.807) is 0 Å². The van der Waals surface area contributed by atoms with Crippen LogP contribution in [-0.2, 0) is 6.18 Å². The molecule has 0 amide bonds. The molecule has 0 saturated carbocycles. The summed E-state index contributed by atoms with van der Waals surface area (Å²) in [5.74, 6) is -2.31. The van der Waals surface area contributed by atoms with Crippen LogP contribution in [-0.4, -0.2) is 21.9 Å². The first kappa shape index (κ1) is 12.6. The topological polar surface area (TPSA) is 86.7 Å². The number of phenolic OH excluding ortho intramolecular Hbond substituents is 2. The lowest BCUT2D eigenvalue weighted by molar-refractivity contribution is -0.138. The minimum Gasteiger partial charge on any atom is -0.504 e. The molecule has 0 aliphatic carbocycles. The molecule has 0 spiro atoms. The summed E-state index contributed by atoms with van der Waals surface area (Å²) >= 11 is 0. The maximum Gasteiger partial charge on any atom is 0.420 e. The summed E-state index contributed by atoms with van der Waals surface area (Å²) in [6, 6.07) is 1.44. The molecule has 4 nitrogen and oxygen atoms in total. The zero-order valence-electron chi connectivity index (χ0n) is 7.99. The summed E-state index contributed by atoms with van der Waals surface area (Å²) in [6.45, 7) is -0.279. The number of halogens is 3. The molecule has 1 atom stereocenters. The fourth-order valence-corrected chi connectivity index (χ4v) is 1.22. The Bertz CT molecular complexity index is 392. The molecule has 0 fully saturated rings. The second-order valence-electron chi connectivity index (χ2n) is 3.15. The van der Waals surface area contributed by atoms with Gasteiger partial charge in [0.1, 0.15) is 5.56 Å². The highest BCUT2D eigenvalue weighted by Crippen LogP contribution is 2.43. The van der Waals surface area contributed by atoms with Gasteiger partial charge in [-0.05, 0) is 6.07 Å². The first-order valence-corrected chi connectivity index (χ1v) is 4.29. The fraction of sp³-hybridized carbons (Fsp3) is 0.333. The number of aliphatic hydroxyl groups excluding tert-OH is 1. The lowest BCUT2D eigenvalue weighted by atomic mass is 10.0. The number of aliphatic hydroxyl groups is 1. The van der Waals surface area contributed by atoms with Crippen molar-refractivity contribution in [1.29, 1.82) is 0 Å². The van der Waals surface area contributed by atoms with Gasteiger partial charge in [-0.1, -0.05) is 6.07 Å². The fourth-order valence-electron chi connectivity index (χ4n) is 1.22. The third-order valence-electron chi connectivity index (χ3n) is 2.07. The molecule has 7 heteroatoms. The van der Waals surface area contributed by atoms with Crippen LogP contribution in [0.1, 0.15) is 17.2 Å². The summed E-state index contributed by atoms with van der Waals surface area (Å²) < 4.78 is 36.9. The van der Waals surface area contributed by atoms with E-state index in [1.807, 2.05) is 0 Å². The van der Waals surface area contributed by atoms with Gasteiger partial charge < -0.3 is 21.1 Å². The largest absolute Gasteiger partial charge is 0.504 e. The van der Waals surface area contributed by atoms with Crippen LogP contribution in [0, 0.1) is 0 Å². The molecule has 0 heterocycles. The lowest BCUT2D eigenvalue weighted by Gasteiger charge is -2.15. The van der Waals surface area contributed by atoms with Gasteiger partial charge >= 0.3 is 6.18 Å². The quantitative estimate of drug-likeness (QED) is 0.580. The van der Waals surface area contributed by atoms with E-state index in [0.717, 1.165) is 6.07 Å². The Kier molecular flexibility index (Phi) is 3.30. The van der Waals surface area contributed by atoms with Gasteiger partial charge in [0.2, 0.25) is 0 Å². The molecule has 1 aromatic rings. The molecule has 0 aromatic heterocycles. The predicted octanol–water partition coefficient (Wildman–Crippen LogP) is 1.11. The first-order valence-electron chi connectivity index (χ1n) is 4.29. The zero-order valence-corrected chi connectivity index (χ0v) is 7.99. The highest BCUT2D eigenvalue weighted by Gasteiger charge is 2.36. The van der Waals surface area contributed by atoms with Crippen molar-refractivity contribution < 1.29 is 28.5 Å². The highest BCUT2D eigenvalue weighted by molar-refractivity contribution is 5.52. The van der Waals surface area contributed by atoms with Crippen molar-refractivity contribution in [2.24, 2.45) is 5.73 Å². The number of phenols is 2. The van der Waals surface area contributed by atoms with Gasteiger partial charge in [0.05, 0.1) is 6.10 Å². The molecule has 0 aliphatic heterocycles. The number of alkyl halides is 3. The number of hydrogen-bond acceptors (Lipinski definition) is 4. The molecule has 1 unspecified atom stereocenters. The average Bonchev–Trinajstić information content (AvgIpc) is 2.19. The van der Waals surface area contributed by atoms with Crippen LogP contribution in [0.25, 0.3) is 0 Å². The molecule has 0 saturated heterocycles. The maximum atomic E-state index is 12.3. The Morgan fingerprint density at radius 2 is 1.75 bits per heavy atom. The second kappa shape index (κ2) is 4.18. The van der Waals surface area contributed by atoms with Crippen LogP contribution >= 0.6 is 0 Å². The van der Waals surface area contributed by atoms with Gasteiger partial charge in [0.25, 0.3) is 0 Å². The molecule has 1 aromatic carbocycles. The third kappa shape index (κ3) is 2.20. The Morgan fingerprint density at radius 3 is 2.19 bits per heavy atom.